The van der Waals surface area contributed by atoms with E-state index in [4.69, 9.17) is 9.47 Å². The molecule has 2 aliphatic carbocycles. The molecule has 3 aromatic rings. The fourth-order valence-electron chi connectivity index (χ4n) is 4.87. The summed E-state index contributed by atoms with van der Waals surface area (Å²) in [5, 5.41) is 0. The van der Waals surface area contributed by atoms with Crippen molar-refractivity contribution in [3.05, 3.63) is 64.7 Å². The monoisotopic (exact) mass is 322 g/mol. The highest BCUT2D eigenvalue weighted by Gasteiger charge is 2.43. The second-order valence-corrected chi connectivity index (χ2v) is 7.59. The summed E-state index contributed by atoms with van der Waals surface area (Å²) >= 11 is 0. The fourth-order valence-corrected chi connectivity index (χ4v) is 4.87. The molecule has 3 aromatic carbocycles. The van der Waals surface area contributed by atoms with Crippen LogP contribution in [0, 0.1) is 0 Å². The Morgan fingerprint density at radius 2 is 1.48 bits per heavy atom. The molecule has 0 spiro atoms. The van der Waals surface area contributed by atoms with E-state index < -0.39 is 0 Å². The van der Waals surface area contributed by atoms with E-state index in [2.05, 4.69) is 42.5 Å². The molecule has 0 saturated carbocycles. The topological polar surface area (TPSA) is 18.5 Å². The van der Waals surface area contributed by atoms with E-state index in [0.29, 0.717) is 0 Å². The molecule has 4 aliphatic rings. The highest BCUT2D eigenvalue weighted by atomic mass is 16.5. The van der Waals surface area contributed by atoms with E-state index in [9.17, 15) is 0 Å². The summed E-state index contributed by atoms with van der Waals surface area (Å²) in [6, 6.07) is 15.4. The van der Waals surface area contributed by atoms with Gasteiger partial charge < -0.3 is 9.47 Å². The van der Waals surface area contributed by atoms with Gasteiger partial charge in [-0.05, 0) is 77.1 Å². The lowest BCUT2D eigenvalue weighted by molar-refractivity contribution is 0.453. The summed E-state index contributed by atoms with van der Waals surface area (Å²) in [6.45, 7) is 0.232. The lowest BCUT2D eigenvalue weighted by Crippen LogP contribution is -2.58. The van der Waals surface area contributed by atoms with Gasteiger partial charge in [0.25, 0.3) is 6.71 Å². The summed E-state index contributed by atoms with van der Waals surface area (Å²) in [7, 11) is 0. The van der Waals surface area contributed by atoms with Crippen molar-refractivity contribution < 1.29 is 9.47 Å². The third-order valence-electron chi connectivity index (χ3n) is 6.38. The standard InChI is InChI=1S/C22H15BO2/c1-2-4-18-16(3-1)23-17-9-12-5-6-13(12)10-19(17)24-20-11-14-7-8-15(14)22(25-18)21(20)23/h1-4,9-11H,5-8H2. The van der Waals surface area contributed by atoms with Crippen molar-refractivity contribution >= 4 is 23.1 Å². The molecule has 0 radical (unpaired) electrons. The maximum atomic E-state index is 6.40. The quantitative estimate of drug-likeness (QED) is 0.408. The number of hydrogen-bond acceptors (Lipinski definition) is 2. The number of benzene rings is 3. The minimum absolute atomic E-state index is 0.232. The predicted octanol–water partition coefficient (Wildman–Crippen LogP) is 2.61. The average Bonchev–Trinajstić information content (AvgIpc) is 2.59. The number of ether oxygens (including phenoxy) is 2. The Balaban J connectivity index is 1.59. The Hall–Kier alpha value is -2.68. The van der Waals surface area contributed by atoms with Gasteiger partial charge in [-0.25, -0.2) is 0 Å². The summed E-state index contributed by atoms with van der Waals surface area (Å²) in [5.41, 5.74) is 9.52. The summed E-state index contributed by atoms with van der Waals surface area (Å²) in [5.74, 6) is 4.11. The average molecular weight is 322 g/mol. The molecule has 0 aromatic heterocycles. The van der Waals surface area contributed by atoms with Crippen molar-refractivity contribution in [3.63, 3.8) is 0 Å². The van der Waals surface area contributed by atoms with Gasteiger partial charge in [-0.2, -0.15) is 0 Å². The number of fused-ring (bicyclic) bond motifs is 7. The van der Waals surface area contributed by atoms with Crippen LogP contribution in [0.15, 0.2) is 42.5 Å². The van der Waals surface area contributed by atoms with Crippen molar-refractivity contribution in [1.82, 2.24) is 0 Å². The first-order valence-corrected chi connectivity index (χ1v) is 9.16. The number of aryl methyl sites for hydroxylation is 3. The lowest BCUT2D eigenvalue weighted by atomic mass is 9.34. The van der Waals surface area contributed by atoms with Crippen molar-refractivity contribution in [3.8, 4) is 23.0 Å². The molecule has 0 unspecified atom stereocenters. The third kappa shape index (κ3) is 1.44. The first kappa shape index (κ1) is 12.7. The highest BCUT2D eigenvalue weighted by Crippen LogP contribution is 2.43. The second kappa shape index (κ2) is 4.11. The predicted molar refractivity (Wildman–Crippen MR) is 98.9 cm³/mol. The Morgan fingerprint density at radius 1 is 0.680 bits per heavy atom. The lowest BCUT2D eigenvalue weighted by Gasteiger charge is -2.37. The molecule has 2 aliphatic heterocycles. The maximum Gasteiger partial charge on any atom is 0.260 e. The second-order valence-electron chi connectivity index (χ2n) is 7.59. The molecule has 25 heavy (non-hydrogen) atoms. The van der Waals surface area contributed by atoms with Gasteiger partial charge >= 0.3 is 0 Å². The minimum Gasteiger partial charge on any atom is -0.458 e. The summed E-state index contributed by atoms with van der Waals surface area (Å²) in [4.78, 5) is 0. The van der Waals surface area contributed by atoms with Gasteiger partial charge in [-0.3, -0.25) is 0 Å². The van der Waals surface area contributed by atoms with Gasteiger partial charge in [0.15, 0.2) is 0 Å². The zero-order valence-electron chi connectivity index (χ0n) is 13.8. The first-order chi connectivity index (χ1) is 12.4. The van der Waals surface area contributed by atoms with E-state index >= 15 is 0 Å². The largest absolute Gasteiger partial charge is 0.458 e. The maximum absolute atomic E-state index is 6.40. The van der Waals surface area contributed by atoms with Crippen LogP contribution < -0.4 is 25.9 Å². The fraction of sp³-hybridized carbons (Fsp3) is 0.182. The number of hydrogen-bond donors (Lipinski definition) is 0. The van der Waals surface area contributed by atoms with Gasteiger partial charge in [0.05, 0.1) is 0 Å². The van der Waals surface area contributed by atoms with E-state index in [1.807, 2.05) is 0 Å². The first-order valence-electron chi connectivity index (χ1n) is 9.16. The molecular weight excluding hydrogens is 307 g/mol. The molecular formula is C22H15BO2. The minimum atomic E-state index is 0.232. The SMILES string of the molecule is c1ccc2c(c1)Oc1c3c(cc4c1B2c1cc2c(cc1O4)CC2)CC3. The molecule has 2 nitrogen and oxygen atoms in total. The molecule has 0 amide bonds. The Bertz CT molecular complexity index is 1120. The summed E-state index contributed by atoms with van der Waals surface area (Å²) in [6.07, 6.45) is 4.62. The molecule has 118 valence electrons. The Morgan fingerprint density at radius 3 is 2.32 bits per heavy atom. The van der Waals surface area contributed by atoms with E-state index in [0.717, 1.165) is 35.8 Å². The number of para-hydroxylation sites is 1. The van der Waals surface area contributed by atoms with Crippen LogP contribution in [0.4, 0.5) is 0 Å². The zero-order chi connectivity index (χ0) is 16.1. The molecule has 0 saturated heterocycles. The summed E-state index contributed by atoms with van der Waals surface area (Å²) < 4.78 is 12.8. The third-order valence-corrected chi connectivity index (χ3v) is 6.38. The molecule has 0 N–H and O–H groups in total. The number of rotatable bonds is 0. The zero-order valence-corrected chi connectivity index (χ0v) is 13.8. The van der Waals surface area contributed by atoms with Crippen molar-refractivity contribution in [2.75, 3.05) is 0 Å². The Labute approximate surface area is 146 Å². The Kier molecular flexibility index (Phi) is 2.08. The van der Waals surface area contributed by atoms with Gasteiger partial charge in [0.1, 0.15) is 23.0 Å². The van der Waals surface area contributed by atoms with E-state index in [1.165, 1.54) is 51.5 Å². The van der Waals surface area contributed by atoms with Crippen LogP contribution in [0.1, 0.15) is 22.3 Å². The van der Waals surface area contributed by atoms with Crippen LogP contribution in [-0.4, -0.2) is 6.71 Å². The van der Waals surface area contributed by atoms with Gasteiger partial charge in [-0.1, -0.05) is 24.3 Å². The molecule has 0 fully saturated rings. The van der Waals surface area contributed by atoms with Crippen LogP contribution in [-0.2, 0) is 25.7 Å². The smallest absolute Gasteiger partial charge is 0.260 e. The van der Waals surface area contributed by atoms with Crippen LogP contribution in [0.3, 0.4) is 0 Å². The van der Waals surface area contributed by atoms with Crippen LogP contribution in [0.2, 0.25) is 0 Å². The molecule has 7 rings (SSSR count). The molecule has 0 bridgehead atoms. The van der Waals surface area contributed by atoms with Gasteiger partial charge in [0.2, 0.25) is 0 Å². The van der Waals surface area contributed by atoms with E-state index in [1.54, 1.807) is 0 Å². The molecule has 2 heterocycles. The van der Waals surface area contributed by atoms with Gasteiger partial charge in [0, 0.05) is 5.46 Å². The van der Waals surface area contributed by atoms with Crippen LogP contribution in [0.5, 0.6) is 23.0 Å². The van der Waals surface area contributed by atoms with Crippen molar-refractivity contribution in [1.29, 1.82) is 0 Å². The molecule has 3 heteroatoms. The van der Waals surface area contributed by atoms with Crippen LogP contribution >= 0.6 is 0 Å². The van der Waals surface area contributed by atoms with Crippen molar-refractivity contribution in [2.24, 2.45) is 0 Å². The van der Waals surface area contributed by atoms with Gasteiger partial charge in [-0.15, -0.1) is 0 Å². The normalized spacial score (nSPS) is 16.7. The van der Waals surface area contributed by atoms with Crippen LogP contribution in [0.25, 0.3) is 0 Å². The highest BCUT2D eigenvalue weighted by molar-refractivity contribution is 6.98. The van der Waals surface area contributed by atoms with Crippen molar-refractivity contribution in [2.45, 2.75) is 25.7 Å². The van der Waals surface area contributed by atoms with E-state index in [-0.39, 0.29) is 6.71 Å². The molecule has 0 atom stereocenters.